The Labute approximate surface area is 123 Å². The van der Waals surface area contributed by atoms with Crippen molar-refractivity contribution in [2.75, 3.05) is 13.2 Å². The van der Waals surface area contributed by atoms with Crippen LogP contribution in [0.15, 0.2) is 24.3 Å². The van der Waals surface area contributed by atoms with E-state index in [2.05, 4.69) is 50.4 Å². The smallest absolute Gasteiger partial charge is 0.0499 e. The third-order valence-corrected chi connectivity index (χ3v) is 4.65. The molecule has 2 heteroatoms. The molecule has 2 N–H and O–H groups in total. The lowest BCUT2D eigenvalue weighted by molar-refractivity contribution is 0.128. The molecule has 1 saturated carbocycles. The summed E-state index contributed by atoms with van der Waals surface area (Å²) in [6.07, 6.45) is 4.87. The molecule has 0 aliphatic heterocycles. The van der Waals surface area contributed by atoms with Crippen molar-refractivity contribution in [2.24, 2.45) is 5.41 Å². The van der Waals surface area contributed by atoms with E-state index in [4.69, 9.17) is 0 Å². The minimum Gasteiger partial charge on any atom is -0.396 e. The van der Waals surface area contributed by atoms with E-state index in [1.807, 2.05) is 0 Å². The molecule has 20 heavy (non-hydrogen) atoms. The molecular weight excluding hydrogens is 246 g/mol. The zero-order chi connectivity index (χ0) is 14.6. The third-order valence-electron chi connectivity index (χ3n) is 4.65. The molecule has 1 aromatic carbocycles. The Bertz CT molecular complexity index is 410. The molecule has 1 aliphatic carbocycles. The highest BCUT2D eigenvalue weighted by Crippen LogP contribution is 2.36. The monoisotopic (exact) mass is 275 g/mol. The van der Waals surface area contributed by atoms with Crippen molar-refractivity contribution in [1.82, 2.24) is 5.32 Å². The maximum Gasteiger partial charge on any atom is 0.0499 e. The van der Waals surface area contributed by atoms with Gasteiger partial charge in [0.15, 0.2) is 0 Å². The standard InChI is InChI=1S/C18H29NO/c1-17(2,3)16-8-6-15(7-9-16)12-19-13-18(14-20)10-4-5-11-18/h6-9,19-20H,4-5,10-14H2,1-3H3. The van der Waals surface area contributed by atoms with Crippen LogP contribution in [0.2, 0.25) is 0 Å². The Hall–Kier alpha value is -0.860. The first-order valence-electron chi connectivity index (χ1n) is 7.86. The van der Waals surface area contributed by atoms with Crippen molar-refractivity contribution < 1.29 is 5.11 Å². The van der Waals surface area contributed by atoms with E-state index in [1.54, 1.807) is 0 Å². The Morgan fingerprint density at radius 1 is 1.10 bits per heavy atom. The Morgan fingerprint density at radius 2 is 1.70 bits per heavy atom. The zero-order valence-electron chi connectivity index (χ0n) is 13.2. The fourth-order valence-corrected chi connectivity index (χ4v) is 3.11. The van der Waals surface area contributed by atoms with Crippen molar-refractivity contribution in [3.05, 3.63) is 35.4 Å². The van der Waals surface area contributed by atoms with E-state index in [9.17, 15) is 5.11 Å². The molecule has 0 heterocycles. The predicted octanol–water partition coefficient (Wildman–Crippen LogP) is 3.63. The number of hydrogen-bond acceptors (Lipinski definition) is 2. The van der Waals surface area contributed by atoms with Gasteiger partial charge in [0.05, 0.1) is 0 Å². The fourth-order valence-electron chi connectivity index (χ4n) is 3.11. The molecule has 112 valence electrons. The van der Waals surface area contributed by atoms with Gasteiger partial charge in [-0.05, 0) is 29.4 Å². The normalized spacial score (nSPS) is 18.4. The van der Waals surface area contributed by atoms with Gasteiger partial charge >= 0.3 is 0 Å². The van der Waals surface area contributed by atoms with Crippen molar-refractivity contribution >= 4 is 0 Å². The van der Waals surface area contributed by atoms with Gasteiger partial charge < -0.3 is 10.4 Å². The molecule has 1 aromatic rings. The second-order valence-corrected chi connectivity index (χ2v) is 7.42. The Morgan fingerprint density at radius 3 is 2.20 bits per heavy atom. The van der Waals surface area contributed by atoms with Crippen LogP contribution in [-0.4, -0.2) is 18.3 Å². The van der Waals surface area contributed by atoms with Crippen LogP contribution in [0.25, 0.3) is 0 Å². The summed E-state index contributed by atoms with van der Waals surface area (Å²) in [6.45, 7) is 8.88. The summed E-state index contributed by atoms with van der Waals surface area (Å²) in [4.78, 5) is 0. The van der Waals surface area contributed by atoms with Crippen LogP contribution in [0.1, 0.15) is 57.6 Å². The van der Waals surface area contributed by atoms with Gasteiger partial charge in [-0.3, -0.25) is 0 Å². The van der Waals surface area contributed by atoms with Gasteiger partial charge in [0.1, 0.15) is 0 Å². The van der Waals surface area contributed by atoms with Crippen LogP contribution in [0.3, 0.4) is 0 Å². The molecule has 0 radical (unpaired) electrons. The number of nitrogens with one attached hydrogen (secondary N) is 1. The summed E-state index contributed by atoms with van der Waals surface area (Å²) in [5.41, 5.74) is 3.07. The van der Waals surface area contributed by atoms with Crippen LogP contribution in [-0.2, 0) is 12.0 Å². The molecule has 0 bridgehead atoms. The van der Waals surface area contributed by atoms with Crippen LogP contribution in [0.4, 0.5) is 0 Å². The van der Waals surface area contributed by atoms with Crippen molar-refractivity contribution in [3.63, 3.8) is 0 Å². The lowest BCUT2D eigenvalue weighted by Crippen LogP contribution is -2.34. The van der Waals surface area contributed by atoms with Crippen molar-refractivity contribution in [1.29, 1.82) is 0 Å². The highest BCUT2D eigenvalue weighted by Gasteiger charge is 2.32. The van der Waals surface area contributed by atoms with E-state index >= 15 is 0 Å². The molecular formula is C18H29NO. The topological polar surface area (TPSA) is 32.3 Å². The SMILES string of the molecule is CC(C)(C)c1ccc(CNCC2(CO)CCCC2)cc1. The highest BCUT2D eigenvalue weighted by atomic mass is 16.3. The van der Waals surface area contributed by atoms with Crippen molar-refractivity contribution in [2.45, 2.75) is 58.4 Å². The molecule has 0 amide bonds. The van der Waals surface area contributed by atoms with Crippen LogP contribution in [0, 0.1) is 5.41 Å². The summed E-state index contributed by atoms with van der Waals surface area (Å²) >= 11 is 0. The van der Waals surface area contributed by atoms with Gasteiger partial charge in [0, 0.05) is 25.1 Å². The quantitative estimate of drug-likeness (QED) is 0.860. The van der Waals surface area contributed by atoms with Gasteiger partial charge in [0.2, 0.25) is 0 Å². The zero-order valence-corrected chi connectivity index (χ0v) is 13.2. The summed E-state index contributed by atoms with van der Waals surface area (Å²) in [5, 5.41) is 13.1. The molecule has 1 aliphatic rings. The largest absolute Gasteiger partial charge is 0.396 e. The minimum absolute atomic E-state index is 0.144. The molecule has 2 rings (SSSR count). The van der Waals surface area contributed by atoms with E-state index < -0.39 is 0 Å². The molecule has 0 saturated heterocycles. The number of hydrogen-bond donors (Lipinski definition) is 2. The first-order valence-corrected chi connectivity index (χ1v) is 7.86. The van der Waals surface area contributed by atoms with Crippen LogP contribution >= 0.6 is 0 Å². The highest BCUT2D eigenvalue weighted by molar-refractivity contribution is 5.27. The van der Waals surface area contributed by atoms with E-state index in [-0.39, 0.29) is 10.8 Å². The number of aliphatic hydroxyl groups excluding tert-OH is 1. The van der Waals surface area contributed by atoms with Gasteiger partial charge in [-0.1, -0.05) is 57.9 Å². The lowest BCUT2D eigenvalue weighted by atomic mass is 9.86. The average Bonchev–Trinajstić information content (AvgIpc) is 2.88. The summed E-state index contributed by atoms with van der Waals surface area (Å²) < 4.78 is 0. The molecule has 0 aromatic heterocycles. The summed E-state index contributed by atoms with van der Waals surface area (Å²) in [5.74, 6) is 0. The average molecular weight is 275 g/mol. The third kappa shape index (κ3) is 3.83. The fraction of sp³-hybridized carbons (Fsp3) is 0.667. The molecule has 2 nitrogen and oxygen atoms in total. The maximum absolute atomic E-state index is 9.60. The minimum atomic E-state index is 0.144. The molecule has 1 fully saturated rings. The molecule has 0 unspecified atom stereocenters. The van der Waals surface area contributed by atoms with Crippen molar-refractivity contribution in [3.8, 4) is 0 Å². The first-order chi connectivity index (χ1) is 9.45. The van der Waals surface area contributed by atoms with E-state index in [0.29, 0.717) is 6.61 Å². The van der Waals surface area contributed by atoms with E-state index in [1.165, 1.54) is 36.8 Å². The first kappa shape index (κ1) is 15.5. The van der Waals surface area contributed by atoms with Gasteiger partial charge in [-0.15, -0.1) is 0 Å². The van der Waals surface area contributed by atoms with Gasteiger partial charge in [0.25, 0.3) is 0 Å². The maximum atomic E-state index is 9.60. The predicted molar refractivity (Wildman–Crippen MR) is 84.8 cm³/mol. The Kier molecular flexibility index (Phi) is 4.87. The molecule has 0 spiro atoms. The second-order valence-electron chi connectivity index (χ2n) is 7.42. The van der Waals surface area contributed by atoms with Crippen LogP contribution in [0.5, 0.6) is 0 Å². The number of rotatable bonds is 5. The second kappa shape index (κ2) is 6.28. The molecule has 0 atom stereocenters. The van der Waals surface area contributed by atoms with Crippen LogP contribution < -0.4 is 5.32 Å². The number of benzene rings is 1. The summed E-state index contributed by atoms with van der Waals surface area (Å²) in [7, 11) is 0. The Balaban J connectivity index is 1.85. The van der Waals surface area contributed by atoms with E-state index in [0.717, 1.165) is 13.1 Å². The lowest BCUT2D eigenvalue weighted by Gasteiger charge is -2.26. The van der Waals surface area contributed by atoms with Gasteiger partial charge in [-0.25, -0.2) is 0 Å². The van der Waals surface area contributed by atoms with Gasteiger partial charge in [-0.2, -0.15) is 0 Å². The number of aliphatic hydroxyl groups is 1. The summed E-state index contributed by atoms with van der Waals surface area (Å²) in [6, 6.07) is 8.89.